The Morgan fingerprint density at radius 3 is 2.40 bits per heavy atom. The van der Waals surface area contributed by atoms with E-state index < -0.39 is 49.8 Å². The fraction of sp³-hybridized carbons (Fsp3) is 0.810. The number of methoxy groups -OCH3 is 1. The minimum Gasteiger partial charge on any atom is -0.467 e. The van der Waals surface area contributed by atoms with Gasteiger partial charge >= 0.3 is 5.97 Å². The molecule has 2 fully saturated rings. The number of esters is 1. The van der Waals surface area contributed by atoms with Crippen LogP contribution in [0.4, 0.5) is 0 Å². The summed E-state index contributed by atoms with van der Waals surface area (Å²) in [5.41, 5.74) is 0. The maximum absolute atomic E-state index is 13.7. The number of hydrogen-bond donors (Lipinski definition) is 0. The molecular formula is C21H35NO7Si. The van der Waals surface area contributed by atoms with Gasteiger partial charge in [-0.3, -0.25) is 9.59 Å². The fourth-order valence-corrected chi connectivity index (χ4v) is 5.45. The largest absolute Gasteiger partial charge is 0.467 e. The van der Waals surface area contributed by atoms with Crippen LogP contribution in [0.5, 0.6) is 0 Å². The van der Waals surface area contributed by atoms with Crippen molar-refractivity contribution in [3.05, 3.63) is 0 Å². The Balaban J connectivity index is 2.42. The first-order chi connectivity index (χ1) is 14.0. The first kappa shape index (κ1) is 24.7. The summed E-state index contributed by atoms with van der Waals surface area (Å²) in [7, 11) is -1.06. The van der Waals surface area contributed by atoms with Crippen LogP contribution in [-0.4, -0.2) is 68.8 Å². The molecule has 2 heterocycles. The van der Waals surface area contributed by atoms with Gasteiger partial charge in [0.05, 0.1) is 13.2 Å². The van der Waals surface area contributed by atoms with Crippen LogP contribution in [0.25, 0.3) is 0 Å². The highest BCUT2D eigenvalue weighted by atomic mass is 28.4. The lowest BCUT2D eigenvalue weighted by molar-refractivity contribution is -0.258. The molecule has 0 aromatic heterocycles. The summed E-state index contributed by atoms with van der Waals surface area (Å²) in [5.74, 6) is -4.65. The number of Topliss-reactive ketones (excluding diaryl/α,β-unsaturated/α-hetero) is 1. The molecular weight excluding hydrogens is 406 g/mol. The minimum absolute atomic E-state index is 0.302. The standard InChI is InChI=1S/C21H35NO7Si/c1-14(13-23)17-11-10-15(2)21(28-17,29-30(4,5)6)18(24)19(25)22-12-8-7-9-16(22)20(26)27-3/h13-17H,7-12H2,1-6H3/t14-,15+,16-,17-,21-/m0/s1. The molecule has 30 heavy (non-hydrogen) atoms. The first-order valence-corrected chi connectivity index (χ1v) is 14.1. The smallest absolute Gasteiger partial charge is 0.328 e. The van der Waals surface area contributed by atoms with Gasteiger partial charge in [0.2, 0.25) is 5.79 Å². The number of carbonyl (C=O) groups is 4. The number of rotatable bonds is 7. The van der Waals surface area contributed by atoms with Crippen molar-refractivity contribution >= 4 is 32.3 Å². The molecule has 0 unspecified atom stereocenters. The molecule has 2 aliphatic rings. The van der Waals surface area contributed by atoms with Crippen LogP contribution in [0.2, 0.25) is 19.6 Å². The Kier molecular flexibility index (Phi) is 7.98. The average Bonchev–Trinajstić information content (AvgIpc) is 2.72. The van der Waals surface area contributed by atoms with Gasteiger partial charge in [-0.2, -0.15) is 0 Å². The summed E-state index contributed by atoms with van der Waals surface area (Å²) in [6, 6.07) is -0.785. The molecule has 0 radical (unpaired) electrons. The highest BCUT2D eigenvalue weighted by Gasteiger charge is 2.56. The molecule has 0 N–H and O–H groups in total. The lowest BCUT2D eigenvalue weighted by atomic mass is 9.84. The molecule has 0 aromatic carbocycles. The van der Waals surface area contributed by atoms with Gasteiger partial charge < -0.3 is 23.6 Å². The first-order valence-electron chi connectivity index (χ1n) is 10.7. The second-order valence-electron chi connectivity index (χ2n) is 9.37. The monoisotopic (exact) mass is 441 g/mol. The van der Waals surface area contributed by atoms with E-state index in [-0.39, 0.29) is 5.92 Å². The third kappa shape index (κ3) is 5.18. The van der Waals surface area contributed by atoms with E-state index in [1.165, 1.54) is 12.0 Å². The van der Waals surface area contributed by atoms with Crippen molar-refractivity contribution < 1.29 is 33.1 Å². The molecule has 0 saturated carbocycles. The zero-order valence-electron chi connectivity index (χ0n) is 18.9. The number of piperidine rings is 1. The Hall–Kier alpha value is -1.58. The van der Waals surface area contributed by atoms with Gasteiger partial charge in [-0.05, 0) is 51.7 Å². The van der Waals surface area contributed by atoms with Crippen LogP contribution >= 0.6 is 0 Å². The summed E-state index contributed by atoms with van der Waals surface area (Å²) in [5, 5.41) is 0. The van der Waals surface area contributed by atoms with Crippen molar-refractivity contribution in [1.29, 1.82) is 0 Å². The summed E-state index contributed by atoms with van der Waals surface area (Å²) in [6.45, 7) is 9.64. The minimum atomic E-state index is -2.33. The van der Waals surface area contributed by atoms with Crippen LogP contribution in [0.3, 0.4) is 0 Å². The quantitative estimate of drug-likeness (QED) is 0.259. The average molecular weight is 442 g/mol. The van der Waals surface area contributed by atoms with E-state index in [9.17, 15) is 19.2 Å². The zero-order chi connectivity index (χ0) is 22.7. The van der Waals surface area contributed by atoms with Crippen molar-refractivity contribution in [1.82, 2.24) is 4.90 Å². The second kappa shape index (κ2) is 9.70. The number of nitrogens with zero attached hydrogens (tertiary/aromatic N) is 1. The van der Waals surface area contributed by atoms with Crippen LogP contribution in [0.15, 0.2) is 0 Å². The summed E-state index contributed by atoms with van der Waals surface area (Å²) < 4.78 is 17.3. The Labute approximate surface area is 179 Å². The number of aldehydes is 1. The van der Waals surface area contributed by atoms with E-state index in [0.29, 0.717) is 32.2 Å². The normalized spacial score (nSPS) is 31.0. The van der Waals surface area contributed by atoms with Crippen molar-refractivity contribution in [3.8, 4) is 0 Å². The predicted octanol–water partition coefficient (Wildman–Crippen LogP) is 2.31. The molecule has 0 aliphatic carbocycles. The molecule has 170 valence electrons. The highest BCUT2D eigenvalue weighted by molar-refractivity contribution is 6.70. The molecule has 0 bridgehead atoms. The fourth-order valence-electron chi connectivity index (χ4n) is 4.20. The topological polar surface area (TPSA) is 99.2 Å². The third-order valence-electron chi connectivity index (χ3n) is 5.87. The molecule has 8 nitrogen and oxygen atoms in total. The summed E-state index contributed by atoms with van der Waals surface area (Å²) >= 11 is 0. The molecule has 0 spiro atoms. The van der Waals surface area contributed by atoms with Gasteiger partial charge in [-0.15, -0.1) is 0 Å². The van der Waals surface area contributed by atoms with E-state index in [4.69, 9.17) is 13.9 Å². The van der Waals surface area contributed by atoms with E-state index >= 15 is 0 Å². The Bertz CT molecular complexity index is 677. The van der Waals surface area contributed by atoms with Crippen molar-refractivity contribution in [2.75, 3.05) is 13.7 Å². The molecule has 2 aliphatic heterocycles. The zero-order valence-corrected chi connectivity index (χ0v) is 19.9. The summed E-state index contributed by atoms with van der Waals surface area (Å²) in [6.07, 6.45) is 3.42. The van der Waals surface area contributed by atoms with Crippen LogP contribution < -0.4 is 0 Å². The number of ketones is 1. The van der Waals surface area contributed by atoms with Gasteiger partial charge in [0.15, 0.2) is 8.32 Å². The maximum atomic E-state index is 13.7. The molecule has 1 amide bonds. The summed E-state index contributed by atoms with van der Waals surface area (Å²) in [4.78, 5) is 51.9. The SMILES string of the molecule is COC(=O)[C@@H]1CCCCN1C(=O)C(=O)[C@]1(O[Si](C)(C)C)O[C@H]([C@@H](C)C=O)CC[C@H]1C. The number of likely N-dealkylation sites (tertiary alicyclic amines) is 1. The highest BCUT2D eigenvalue weighted by Crippen LogP contribution is 2.40. The van der Waals surface area contributed by atoms with E-state index in [0.717, 1.165) is 12.7 Å². The number of hydrogen-bond acceptors (Lipinski definition) is 7. The number of carbonyl (C=O) groups excluding carboxylic acids is 4. The van der Waals surface area contributed by atoms with Crippen LogP contribution in [0, 0.1) is 11.8 Å². The van der Waals surface area contributed by atoms with E-state index in [2.05, 4.69) is 0 Å². The van der Waals surface area contributed by atoms with Gasteiger partial charge in [0, 0.05) is 18.4 Å². The van der Waals surface area contributed by atoms with Gasteiger partial charge in [0.25, 0.3) is 11.7 Å². The third-order valence-corrected chi connectivity index (χ3v) is 6.78. The number of ether oxygens (including phenoxy) is 2. The van der Waals surface area contributed by atoms with Gasteiger partial charge in [0.1, 0.15) is 12.3 Å². The maximum Gasteiger partial charge on any atom is 0.328 e. The van der Waals surface area contributed by atoms with Crippen LogP contribution in [0.1, 0.15) is 46.0 Å². The molecule has 5 atom stereocenters. The Morgan fingerprint density at radius 2 is 1.83 bits per heavy atom. The van der Waals surface area contributed by atoms with Gasteiger partial charge in [-0.1, -0.05) is 13.8 Å². The lowest BCUT2D eigenvalue weighted by Crippen LogP contribution is -2.64. The molecule has 9 heteroatoms. The molecule has 2 rings (SSSR count). The van der Waals surface area contributed by atoms with Crippen molar-refractivity contribution in [2.45, 2.75) is 83.5 Å². The number of amides is 1. The molecule has 2 saturated heterocycles. The van der Waals surface area contributed by atoms with Gasteiger partial charge in [-0.25, -0.2) is 4.79 Å². The van der Waals surface area contributed by atoms with Crippen molar-refractivity contribution in [2.24, 2.45) is 11.8 Å². The van der Waals surface area contributed by atoms with Crippen LogP contribution in [-0.2, 0) is 33.1 Å². The Morgan fingerprint density at radius 1 is 1.17 bits per heavy atom. The van der Waals surface area contributed by atoms with E-state index in [1.54, 1.807) is 6.92 Å². The predicted molar refractivity (Wildman–Crippen MR) is 112 cm³/mol. The van der Waals surface area contributed by atoms with Crippen molar-refractivity contribution in [3.63, 3.8) is 0 Å². The lowest BCUT2D eigenvalue weighted by Gasteiger charge is -2.48. The van der Waals surface area contributed by atoms with E-state index in [1.807, 2.05) is 26.6 Å². The second-order valence-corrected chi connectivity index (χ2v) is 13.8. The molecule has 0 aromatic rings.